The van der Waals surface area contributed by atoms with Crippen LogP contribution in [0.2, 0.25) is 0 Å². The van der Waals surface area contributed by atoms with Gasteiger partial charge in [-0.1, -0.05) is 30.3 Å². The first-order chi connectivity index (χ1) is 16.6. The first kappa shape index (κ1) is 19.5. The van der Waals surface area contributed by atoms with Crippen molar-refractivity contribution in [3.05, 3.63) is 82.2 Å². The lowest BCUT2D eigenvalue weighted by atomic mass is 9.84. The second-order valence-corrected chi connectivity index (χ2v) is 9.67. The Morgan fingerprint density at radius 3 is 2.62 bits per heavy atom. The van der Waals surface area contributed by atoms with Crippen LogP contribution in [0.3, 0.4) is 0 Å². The Kier molecular flexibility index (Phi) is 4.05. The van der Waals surface area contributed by atoms with Crippen molar-refractivity contribution < 1.29 is 23.9 Å². The highest BCUT2D eigenvalue weighted by Crippen LogP contribution is 2.54. The van der Waals surface area contributed by atoms with Crippen molar-refractivity contribution in [2.75, 3.05) is 11.7 Å². The maximum Gasteiger partial charge on any atom is 0.240 e. The highest BCUT2D eigenvalue weighted by molar-refractivity contribution is 7.12. The molecule has 3 aromatic rings. The summed E-state index contributed by atoms with van der Waals surface area (Å²) in [5.41, 5.74) is 2.38. The van der Waals surface area contributed by atoms with Gasteiger partial charge in [-0.3, -0.25) is 14.4 Å². The number of hydrogen-bond acceptors (Lipinski definition) is 7. The maximum absolute atomic E-state index is 13.9. The van der Waals surface area contributed by atoms with Crippen LogP contribution in [0.25, 0.3) is 6.08 Å². The molecule has 4 aliphatic rings. The van der Waals surface area contributed by atoms with Gasteiger partial charge < -0.3 is 14.4 Å². The molecule has 1 aromatic heterocycles. The Labute approximate surface area is 198 Å². The van der Waals surface area contributed by atoms with Crippen LogP contribution >= 0.6 is 11.3 Å². The van der Waals surface area contributed by atoms with E-state index in [1.165, 1.54) is 16.2 Å². The molecule has 8 heteroatoms. The number of anilines is 1. The van der Waals surface area contributed by atoms with E-state index in [0.29, 0.717) is 22.1 Å². The van der Waals surface area contributed by atoms with Crippen LogP contribution in [0.1, 0.15) is 26.8 Å². The molecule has 0 bridgehead atoms. The molecular weight excluding hydrogens is 452 g/mol. The summed E-state index contributed by atoms with van der Waals surface area (Å²) in [7, 11) is 0. The summed E-state index contributed by atoms with van der Waals surface area (Å²) >= 11 is 1.35. The number of nitrogens with zero attached hydrogens (tertiary/aromatic N) is 2. The quantitative estimate of drug-likeness (QED) is 0.427. The second-order valence-electron chi connectivity index (χ2n) is 8.72. The number of amides is 2. The second kappa shape index (κ2) is 7.04. The van der Waals surface area contributed by atoms with Crippen LogP contribution in [-0.4, -0.2) is 35.3 Å². The Morgan fingerprint density at radius 1 is 0.941 bits per heavy atom. The third-order valence-corrected chi connectivity index (χ3v) is 7.99. The van der Waals surface area contributed by atoms with Crippen molar-refractivity contribution >= 4 is 40.7 Å². The number of imide groups is 1. The number of ether oxygens (including phenoxy) is 2. The fourth-order valence-electron chi connectivity index (χ4n) is 5.70. The van der Waals surface area contributed by atoms with Crippen molar-refractivity contribution in [3.63, 3.8) is 0 Å². The molecule has 2 fully saturated rings. The standard InChI is InChI=1S/C26H18N2O5S/c29-24(19-6-3-11-34-19)23-21-20(22-16-5-2-1-4-14(16)9-10-27(22)23)25(30)28(26(21)31)15-7-8-17-18(12-15)33-13-32-17/h1-12,20-23H,13H2/t20-,21+,22-,23-/m0/s1. The van der Waals surface area contributed by atoms with Crippen LogP contribution in [0.5, 0.6) is 11.5 Å². The minimum absolute atomic E-state index is 0.101. The summed E-state index contributed by atoms with van der Waals surface area (Å²) in [4.78, 5) is 45.2. The van der Waals surface area contributed by atoms with Gasteiger partial charge in [0.1, 0.15) is 6.04 Å². The Balaban J connectivity index is 1.37. The van der Waals surface area contributed by atoms with E-state index in [0.717, 1.165) is 11.1 Å². The lowest BCUT2D eigenvalue weighted by molar-refractivity contribution is -0.123. The lowest BCUT2D eigenvalue weighted by Gasteiger charge is -2.35. The molecule has 0 aliphatic carbocycles. The van der Waals surface area contributed by atoms with Gasteiger partial charge in [0, 0.05) is 12.3 Å². The molecule has 7 nitrogen and oxygen atoms in total. The zero-order chi connectivity index (χ0) is 23.0. The number of rotatable bonds is 3. The minimum Gasteiger partial charge on any atom is -0.454 e. The molecule has 4 atom stereocenters. The average molecular weight is 471 g/mol. The van der Waals surface area contributed by atoms with E-state index in [2.05, 4.69) is 0 Å². The largest absolute Gasteiger partial charge is 0.454 e. The number of Topliss-reactive ketones (excluding diaryl/α,β-unsaturated/α-hetero) is 1. The molecule has 2 saturated heterocycles. The zero-order valence-electron chi connectivity index (χ0n) is 17.8. The fourth-order valence-corrected chi connectivity index (χ4v) is 6.40. The van der Waals surface area contributed by atoms with Crippen molar-refractivity contribution in [1.82, 2.24) is 4.90 Å². The van der Waals surface area contributed by atoms with Crippen molar-refractivity contribution in [3.8, 4) is 11.5 Å². The van der Waals surface area contributed by atoms with Crippen LogP contribution < -0.4 is 14.4 Å². The van der Waals surface area contributed by atoms with Crippen LogP contribution in [-0.2, 0) is 9.59 Å². The molecule has 7 rings (SSSR count). The van der Waals surface area contributed by atoms with Crippen LogP contribution in [0, 0.1) is 11.8 Å². The van der Waals surface area contributed by atoms with Gasteiger partial charge in [0.25, 0.3) is 0 Å². The first-order valence-corrected chi connectivity index (χ1v) is 11.9. The number of thiophene rings is 1. The summed E-state index contributed by atoms with van der Waals surface area (Å²) < 4.78 is 10.8. The highest BCUT2D eigenvalue weighted by Gasteiger charge is 2.64. The smallest absolute Gasteiger partial charge is 0.240 e. The molecule has 0 saturated carbocycles. The summed E-state index contributed by atoms with van der Waals surface area (Å²) in [6.45, 7) is 0.101. The van der Waals surface area contributed by atoms with Crippen LogP contribution in [0.15, 0.2) is 66.2 Å². The van der Waals surface area contributed by atoms with E-state index >= 15 is 0 Å². The molecule has 2 aromatic carbocycles. The predicted octanol–water partition coefficient (Wildman–Crippen LogP) is 3.88. The SMILES string of the molecule is O=C(c1cccs1)[C@@H]1[C@@H]2C(=O)N(c3ccc4c(c3)OCO4)C(=O)[C@@H]2[C@@H]2c3ccccc3C=CN12. The summed E-state index contributed by atoms with van der Waals surface area (Å²) in [5, 5.41) is 1.85. The summed E-state index contributed by atoms with van der Waals surface area (Å²) in [6, 6.07) is 15.3. The first-order valence-electron chi connectivity index (χ1n) is 11.0. The number of benzene rings is 2. The Hall–Kier alpha value is -3.91. The normalized spacial score (nSPS) is 26.0. The highest BCUT2D eigenvalue weighted by atomic mass is 32.1. The fraction of sp³-hybridized carbons (Fsp3) is 0.192. The molecule has 4 aliphatic heterocycles. The summed E-state index contributed by atoms with van der Waals surface area (Å²) in [6.07, 6.45) is 3.82. The number of carbonyl (C=O) groups excluding carboxylic acids is 3. The van der Waals surface area contributed by atoms with Crippen LogP contribution in [0.4, 0.5) is 5.69 Å². The molecule has 2 amide bonds. The van der Waals surface area contributed by atoms with E-state index in [1.807, 2.05) is 52.9 Å². The van der Waals surface area contributed by atoms with E-state index in [1.54, 1.807) is 24.3 Å². The van der Waals surface area contributed by atoms with Crippen molar-refractivity contribution in [1.29, 1.82) is 0 Å². The molecule has 5 heterocycles. The molecule has 0 spiro atoms. The lowest BCUT2D eigenvalue weighted by Crippen LogP contribution is -2.44. The van der Waals surface area contributed by atoms with Crippen molar-refractivity contribution in [2.24, 2.45) is 11.8 Å². The zero-order valence-corrected chi connectivity index (χ0v) is 18.6. The average Bonchev–Trinajstić information content (AvgIpc) is 3.64. The van der Waals surface area contributed by atoms with E-state index in [-0.39, 0.29) is 24.4 Å². The Bertz CT molecular complexity index is 1400. The number of fused-ring (bicyclic) bond motifs is 6. The maximum atomic E-state index is 13.9. The van der Waals surface area contributed by atoms with Gasteiger partial charge in [-0.25, -0.2) is 4.90 Å². The number of carbonyl (C=O) groups is 3. The molecule has 0 N–H and O–H groups in total. The van der Waals surface area contributed by atoms with E-state index in [4.69, 9.17) is 9.47 Å². The third kappa shape index (κ3) is 2.54. The molecule has 0 radical (unpaired) electrons. The summed E-state index contributed by atoms with van der Waals surface area (Å²) in [5.74, 6) is -1.17. The van der Waals surface area contributed by atoms with Gasteiger partial charge in [-0.15, -0.1) is 11.3 Å². The predicted molar refractivity (Wildman–Crippen MR) is 125 cm³/mol. The molecule has 34 heavy (non-hydrogen) atoms. The van der Waals surface area contributed by atoms with Gasteiger partial charge in [0.2, 0.25) is 18.6 Å². The topological polar surface area (TPSA) is 76.1 Å². The van der Waals surface area contributed by atoms with Gasteiger partial charge in [-0.2, -0.15) is 0 Å². The Morgan fingerprint density at radius 2 is 1.76 bits per heavy atom. The molecular formula is C26H18N2O5S. The van der Waals surface area contributed by atoms with Gasteiger partial charge >= 0.3 is 0 Å². The minimum atomic E-state index is -0.784. The van der Waals surface area contributed by atoms with Gasteiger partial charge in [0.05, 0.1) is 28.4 Å². The van der Waals surface area contributed by atoms with E-state index < -0.39 is 23.9 Å². The van der Waals surface area contributed by atoms with Crippen molar-refractivity contribution in [2.45, 2.75) is 12.1 Å². The number of ketones is 1. The van der Waals surface area contributed by atoms with Gasteiger partial charge in [0.15, 0.2) is 17.3 Å². The molecule has 168 valence electrons. The monoisotopic (exact) mass is 470 g/mol. The number of hydrogen-bond donors (Lipinski definition) is 0. The molecule has 0 unspecified atom stereocenters. The van der Waals surface area contributed by atoms with Gasteiger partial charge in [-0.05, 0) is 40.8 Å². The third-order valence-electron chi connectivity index (χ3n) is 7.11. The van der Waals surface area contributed by atoms with E-state index in [9.17, 15) is 14.4 Å².